The zero-order chi connectivity index (χ0) is 27.2. The van der Waals surface area contributed by atoms with Crippen LogP contribution in [-0.4, -0.2) is 31.6 Å². The van der Waals surface area contributed by atoms with Crippen LogP contribution in [0.2, 0.25) is 5.02 Å². The summed E-state index contributed by atoms with van der Waals surface area (Å²) in [6.07, 6.45) is 6.62. The maximum absolute atomic E-state index is 13.3. The summed E-state index contributed by atoms with van der Waals surface area (Å²) in [5, 5.41) is 2.79. The first-order valence-corrected chi connectivity index (χ1v) is 12.3. The number of nitrogens with zero attached hydrogens (tertiary/aromatic N) is 1. The average molecular weight is 596 g/mol. The Bertz CT molecular complexity index is 1480. The highest BCUT2D eigenvalue weighted by atomic mass is 79.9. The number of benzene rings is 3. The highest BCUT2D eigenvalue weighted by molar-refractivity contribution is 9.10. The molecule has 0 atom stereocenters. The van der Waals surface area contributed by atoms with E-state index in [1.54, 1.807) is 42.5 Å². The number of hydrogen-bond donors (Lipinski definition) is 1. The Labute approximate surface area is 232 Å². The maximum Gasteiger partial charge on any atom is 0.335 e. The van der Waals surface area contributed by atoms with Gasteiger partial charge in [0.05, 0.1) is 17.3 Å². The average Bonchev–Trinajstić information content (AvgIpc) is 2.90. The van der Waals surface area contributed by atoms with E-state index in [-0.39, 0.29) is 24.5 Å². The van der Waals surface area contributed by atoms with Crippen molar-refractivity contribution >= 4 is 57.1 Å². The molecule has 4 amide bonds. The van der Waals surface area contributed by atoms with Gasteiger partial charge in [-0.3, -0.25) is 14.9 Å². The first-order chi connectivity index (χ1) is 18.3. The number of urea groups is 1. The van der Waals surface area contributed by atoms with Crippen molar-refractivity contribution < 1.29 is 28.6 Å². The molecule has 8 nitrogen and oxygen atoms in total. The number of imide groups is 2. The van der Waals surface area contributed by atoms with Crippen LogP contribution in [0, 0.1) is 12.3 Å². The molecule has 38 heavy (non-hydrogen) atoms. The van der Waals surface area contributed by atoms with Gasteiger partial charge in [-0.05, 0) is 70.0 Å². The second kappa shape index (κ2) is 11.9. The van der Waals surface area contributed by atoms with Crippen molar-refractivity contribution in [2.75, 3.05) is 18.6 Å². The lowest BCUT2D eigenvalue weighted by molar-refractivity contribution is -0.122. The van der Waals surface area contributed by atoms with Gasteiger partial charge in [-0.2, -0.15) is 0 Å². The monoisotopic (exact) mass is 594 g/mol. The minimum absolute atomic E-state index is 0.0250. The van der Waals surface area contributed by atoms with E-state index in [0.717, 1.165) is 10.5 Å². The predicted molar refractivity (Wildman–Crippen MR) is 146 cm³/mol. The van der Waals surface area contributed by atoms with Crippen molar-refractivity contribution in [1.29, 1.82) is 0 Å². The van der Waals surface area contributed by atoms with Gasteiger partial charge in [-0.15, -0.1) is 6.42 Å². The van der Waals surface area contributed by atoms with E-state index < -0.39 is 17.8 Å². The fourth-order valence-electron chi connectivity index (χ4n) is 3.60. The van der Waals surface area contributed by atoms with E-state index >= 15 is 0 Å². The van der Waals surface area contributed by atoms with Gasteiger partial charge in [0.15, 0.2) is 11.5 Å². The molecule has 1 heterocycles. The number of ether oxygens (including phenoxy) is 3. The molecule has 10 heteroatoms. The van der Waals surface area contributed by atoms with E-state index in [2.05, 4.69) is 27.2 Å². The second-order valence-corrected chi connectivity index (χ2v) is 9.12. The number of amides is 4. The summed E-state index contributed by atoms with van der Waals surface area (Å²) in [5.74, 6) is 1.99. The molecule has 1 N–H and O–H groups in total. The first kappa shape index (κ1) is 26.8. The number of methoxy groups -OCH3 is 1. The van der Waals surface area contributed by atoms with Gasteiger partial charge >= 0.3 is 6.03 Å². The number of carbonyl (C=O) groups is 3. The van der Waals surface area contributed by atoms with Crippen molar-refractivity contribution in [3.05, 3.63) is 86.9 Å². The van der Waals surface area contributed by atoms with E-state index in [4.69, 9.17) is 32.2 Å². The Morgan fingerprint density at radius 1 is 1.08 bits per heavy atom. The van der Waals surface area contributed by atoms with Gasteiger partial charge in [0.25, 0.3) is 11.8 Å². The molecule has 192 valence electrons. The van der Waals surface area contributed by atoms with Crippen LogP contribution in [0.3, 0.4) is 0 Å². The molecule has 0 bridgehead atoms. The number of carbonyl (C=O) groups excluding carboxylic acids is 3. The second-order valence-electron chi connectivity index (χ2n) is 7.86. The number of nitrogens with one attached hydrogen (secondary N) is 1. The van der Waals surface area contributed by atoms with Crippen LogP contribution in [0.15, 0.2) is 70.7 Å². The van der Waals surface area contributed by atoms with Crippen LogP contribution < -0.4 is 24.4 Å². The highest BCUT2D eigenvalue weighted by Crippen LogP contribution is 2.37. The molecule has 1 saturated heterocycles. The van der Waals surface area contributed by atoms with Gasteiger partial charge in [0.2, 0.25) is 0 Å². The molecular weight excluding hydrogens is 576 g/mol. The van der Waals surface area contributed by atoms with Crippen LogP contribution in [0.5, 0.6) is 17.2 Å². The number of anilines is 1. The Kier molecular flexibility index (Phi) is 8.36. The summed E-state index contributed by atoms with van der Waals surface area (Å²) in [6.45, 7) is 0.270. The minimum Gasteiger partial charge on any atom is -0.493 e. The highest BCUT2D eigenvalue weighted by Gasteiger charge is 2.37. The third-order valence-corrected chi connectivity index (χ3v) is 6.37. The Morgan fingerprint density at radius 3 is 2.50 bits per heavy atom. The summed E-state index contributed by atoms with van der Waals surface area (Å²) >= 11 is 9.55. The Morgan fingerprint density at radius 2 is 1.82 bits per heavy atom. The maximum atomic E-state index is 13.3. The van der Waals surface area contributed by atoms with Crippen molar-refractivity contribution in [1.82, 2.24) is 5.32 Å². The van der Waals surface area contributed by atoms with Gasteiger partial charge in [0, 0.05) is 10.6 Å². The zero-order valence-corrected chi connectivity index (χ0v) is 22.3. The molecule has 0 radical (unpaired) electrons. The van der Waals surface area contributed by atoms with E-state index in [1.165, 1.54) is 13.2 Å². The molecule has 0 unspecified atom stereocenters. The molecule has 4 rings (SSSR count). The quantitative estimate of drug-likeness (QED) is 0.214. The predicted octanol–water partition coefficient (Wildman–Crippen LogP) is 5.37. The van der Waals surface area contributed by atoms with Crippen molar-refractivity contribution in [2.45, 2.75) is 6.61 Å². The summed E-state index contributed by atoms with van der Waals surface area (Å²) in [7, 11) is 1.45. The number of rotatable bonds is 8. The summed E-state index contributed by atoms with van der Waals surface area (Å²) in [5.41, 5.74) is 1.29. The molecule has 1 fully saturated rings. The molecule has 0 aliphatic carbocycles. The molecular formula is C28H20BrClN2O6. The topological polar surface area (TPSA) is 94.2 Å². The van der Waals surface area contributed by atoms with Crippen molar-refractivity contribution in [2.24, 2.45) is 0 Å². The summed E-state index contributed by atoms with van der Waals surface area (Å²) < 4.78 is 17.1. The molecule has 0 saturated carbocycles. The van der Waals surface area contributed by atoms with E-state index in [1.807, 2.05) is 18.2 Å². The molecule has 0 aromatic heterocycles. The number of halogens is 2. The molecule has 1 aliphatic heterocycles. The van der Waals surface area contributed by atoms with Gasteiger partial charge in [-0.1, -0.05) is 35.7 Å². The van der Waals surface area contributed by atoms with Crippen LogP contribution in [-0.2, 0) is 16.2 Å². The first-order valence-electron chi connectivity index (χ1n) is 11.1. The SMILES string of the molecule is C#CCOc1c(Br)cc(/C=C2\C(=O)NC(=O)N(c3ccc(OCc4ccccc4Cl)cc3)C2=O)cc1OC. The lowest BCUT2D eigenvalue weighted by Gasteiger charge is -2.26. The van der Waals surface area contributed by atoms with E-state index in [0.29, 0.717) is 32.3 Å². The van der Waals surface area contributed by atoms with Crippen LogP contribution in [0.4, 0.5) is 10.5 Å². The number of hydrogen-bond acceptors (Lipinski definition) is 6. The van der Waals surface area contributed by atoms with Crippen LogP contribution >= 0.6 is 27.5 Å². The molecule has 1 aliphatic rings. The van der Waals surface area contributed by atoms with Crippen molar-refractivity contribution in [3.8, 4) is 29.6 Å². The number of terminal acetylenes is 1. The fourth-order valence-corrected chi connectivity index (χ4v) is 4.37. The smallest absolute Gasteiger partial charge is 0.335 e. The molecule has 3 aromatic carbocycles. The lowest BCUT2D eigenvalue weighted by atomic mass is 10.1. The third-order valence-electron chi connectivity index (χ3n) is 5.41. The van der Waals surface area contributed by atoms with Gasteiger partial charge in [-0.25, -0.2) is 9.69 Å². The summed E-state index contributed by atoms with van der Waals surface area (Å²) in [6, 6.07) is 16.0. The molecule has 0 spiro atoms. The Hall–Kier alpha value is -4.26. The minimum atomic E-state index is -0.862. The largest absolute Gasteiger partial charge is 0.493 e. The zero-order valence-electron chi connectivity index (χ0n) is 20.0. The van der Waals surface area contributed by atoms with Crippen LogP contribution in [0.25, 0.3) is 6.08 Å². The fraction of sp³-hybridized carbons (Fsp3) is 0.107. The lowest BCUT2D eigenvalue weighted by Crippen LogP contribution is -2.54. The number of barbiturate groups is 1. The summed E-state index contributed by atoms with van der Waals surface area (Å²) in [4.78, 5) is 39.3. The van der Waals surface area contributed by atoms with Crippen LogP contribution in [0.1, 0.15) is 11.1 Å². The standard InChI is InChI=1S/C28H20BrClN2O6/c1-3-12-37-25-22(29)14-17(15-24(25)36-2)13-21-26(33)31-28(35)32(27(21)34)19-8-10-20(11-9-19)38-16-18-6-4-5-7-23(18)30/h1,4-11,13-15H,12,16H2,2H3,(H,31,33,35)/b21-13+. The van der Waals surface area contributed by atoms with E-state index in [9.17, 15) is 14.4 Å². The third kappa shape index (κ3) is 5.83. The molecule has 3 aromatic rings. The van der Waals surface area contributed by atoms with Gasteiger partial charge in [0.1, 0.15) is 24.5 Å². The Balaban J connectivity index is 1.57. The normalized spacial score (nSPS) is 14.2. The van der Waals surface area contributed by atoms with Gasteiger partial charge < -0.3 is 14.2 Å². The van der Waals surface area contributed by atoms with Crippen molar-refractivity contribution in [3.63, 3.8) is 0 Å².